The van der Waals surface area contributed by atoms with Gasteiger partial charge in [0.25, 0.3) is 0 Å². The maximum absolute atomic E-state index is 9.81. The van der Waals surface area contributed by atoms with Crippen LogP contribution in [-0.4, -0.2) is 49.5 Å². The van der Waals surface area contributed by atoms with E-state index in [1.807, 2.05) is 0 Å². The lowest BCUT2D eigenvalue weighted by Crippen LogP contribution is -2.40. The molecule has 0 heterocycles. The van der Waals surface area contributed by atoms with Crippen molar-refractivity contribution >= 4 is 0 Å². The number of nitrogens with zero attached hydrogens (tertiary/aromatic N) is 1. The molecule has 1 saturated carbocycles. The van der Waals surface area contributed by atoms with Gasteiger partial charge in [0.2, 0.25) is 0 Å². The number of benzene rings is 1. The van der Waals surface area contributed by atoms with Gasteiger partial charge >= 0.3 is 0 Å². The summed E-state index contributed by atoms with van der Waals surface area (Å²) in [5.74, 6) is 0.713. The first-order valence-corrected chi connectivity index (χ1v) is 7.63. The summed E-state index contributed by atoms with van der Waals surface area (Å²) in [7, 11) is 3.75. The molecule has 0 radical (unpaired) electrons. The highest BCUT2D eigenvalue weighted by Gasteiger charge is 2.25. The highest BCUT2D eigenvalue weighted by molar-refractivity contribution is 5.20. The van der Waals surface area contributed by atoms with Crippen LogP contribution in [0.25, 0.3) is 0 Å². The monoisotopic (exact) mass is 277 g/mol. The summed E-state index contributed by atoms with van der Waals surface area (Å²) in [5, 5.41) is 9.81. The van der Waals surface area contributed by atoms with Crippen LogP contribution in [0.15, 0.2) is 30.3 Å². The van der Waals surface area contributed by atoms with E-state index in [2.05, 4.69) is 42.3 Å². The molecule has 1 aliphatic carbocycles. The van der Waals surface area contributed by atoms with Gasteiger partial charge in [-0.25, -0.2) is 0 Å². The number of aliphatic hydroxyl groups excluding tert-OH is 1. The van der Waals surface area contributed by atoms with E-state index in [1.54, 1.807) is 7.11 Å². The van der Waals surface area contributed by atoms with Gasteiger partial charge in [-0.05, 0) is 44.2 Å². The SMILES string of the molecule is COC[C@H](O)CN(C)C1CCC(c2ccccc2)CC1. The van der Waals surface area contributed by atoms with E-state index in [1.165, 1.54) is 31.2 Å². The Bertz CT molecular complexity index is 374. The standard InChI is InChI=1S/C17H27NO2/c1-18(12-17(19)13-20-2)16-10-8-15(9-11-16)14-6-4-3-5-7-14/h3-7,15-17,19H,8-13H2,1-2H3/t15?,16?,17-/m1/s1. The Kier molecular flexibility index (Phi) is 6.02. The molecule has 1 atom stereocenters. The van der Waals surface area contributed by atoms with Crippen LogP contribution in [0.2, 0.25) is 0 Å². The quantitative estimate of drug-likeness (QED) is 0.867. The fourth-order valence-corrected chi connectivity index (χ4v) is 3.30. The number of ether oxygens (including phenoxy) is 1. The van der Waals surface area contributed by atoms with Crippen molar-refractivity contribution in [2.75, 3.05) is 27.3 Å². The zero-order valence-corrected chi connectivity index (χ0v) is 12.7. The predicted octanol–water partition coefficient (Wildman–Crippen LogP) is 2.65. The third-order valence-electron chi connectivity index (χ3n) is 4.45. The summed E-state index contributed by atoms with van der Waals surface area (Å²) < 4.78 is 4.99. The minimum Gasteiger partial charge on any atom is -0.389 e. The smallest absolute Gasteiger partial charge is 0.0900 e. The number of hydrogen-bond donors (Lipinski definition) is 1. The van der Waals surface area contributed by atoms with Crippen LogP contribution in [0.3, 0.4) is 0 Å². The van der Waals surface area contributed by atoms with E-state index >= 15 is 0 Å². The molecule has 1 fully saturated rings. The van der Waals surface area contributed by atoms with Crippen molar-refractivity contribution in [3.05, 3.63) is 35.9 Å². The zero-order valence-electron chi connectivity index (χ0n) is 12.7. The van der Waals surface area contributed by atoms with Gasteiger partial charge < -0.3 is 14.7 Å². The van der Waals surface area contributed by atoms with E-state index in [4.69, 9.17) is 4.74 Å². The van der Waals surface area contributed by atoms with Gasteiger partial charge in [0.05, 0.1) is 12.7 Å². The van der Waals surface area contributed by atoms with Crippen molar-refractivity contribution in [1.29, 1.82) is 0 Å². The Morgan fingerprint density at radius 3 is 2.45 bits per heavy atom. The Morgan fingerprint density at radius 2 is 1.85 bits per heavy atom. The number of likely N-dealkylation sites (N-methyl/N-ethyl adjacent to an activating group) is 1. The van der Waals surface area contributed by atoms with Gasteiger partial charge in [-0.15, -0.1) is 0 Å². The highest BCUT2D eigenvalue weighted by Crippen LogP contribution is 2.34. The Hall–Kier alpha value is -0.900. The van der Waals surface area contributed by atoms with Crippen LogP contribution in [0.4, 0.5) is 0 Å². The molecule has 1 aromatic rings. The van der Waals surface area contributed by atoms with Crippen LogP contribution in [0.1, 0.15) is 37.2 Å². The maximum atomic E-state index is 9.81. The Labute approximate surface area is 122 Å². The second-order valence-electron chi connectivity index (χ2n) is 5.96. The summed E-state index contributed by atoms with van der Waals surface area (Å²) in [4.78, 5) is 2.30. The van der Waals surface area contributed by atoms with Gasteiger partial charge in [0.15, 0.2) is 0 Å². The van der Waals surface area contributed by atoms with E-state index in [-0.39, 0.29) is 6.10 Å². The third kappa shape index (κ3) is 4.30. The lowest BCUT2D eigenvalue weighted by Gasteiger charge is -2.35. The van der Waals surface area contributed by atoms with Gasteiger partial charge in [0.1, 0.15) is 0 Å². The maximum Gasteiger partial charge on any atom is 0.0900 e. The van der Waals surface area contributed by atoms with Crippen molar-refractivity contribution in [2.45, 2.75) is 43.7 Å². The van der Waals surface area contributed by atoms with Crippen LogP contribution >= 0.6 is 0 Å². The first-order valence-electron chi connectivity index (χ1n) is 7.63. The summed E-state index contributed by atoms with van der Waals surface area (Å²) in [6.45, 7) is 1.12. The molecule has 2 rings (SSSR count). The summed E-state index contributed by atoms with van der Waals surface area (Å²) >= 11 is 0. The molecule has 0 spiro atoms. The number of aliphatic hydroxyl groups is 1. The van der Waals surface area contributed by atoms with Crippen molar-refractivity contribution in [3.8, 4) is 0 Å². The third-order valence-corrected chi connectivity index (χ3v) is 4.45. The fraction of sp³-hybridized carbons (Fsp3) is 0.647. The molecule has 0 aromatic heterocycles. The first-order chi connectivity index (χ1) is 9.70. The Balaban J connectivity index is 1.79. The Morgan fingerprint density at radius 1 is 1.20 bits per heavy atom. The van der Waals surface area contributed by atoms with Crippen molar-refractivity contribution in [2.24, 2.45) is 0 Å². The van der Waals surface area contributed by atoms with Gasteiger partial charge in [-0.2, -0.15) is 0 Å². The number of methoxy groups -OCH3 is 1. The molecule has 1 aromatic carbocycles. The van der Waals surface area contributed by atoms with Crippen LogP contribution in [-0.2, 0) is 4.74 Å². The molecule has 0 unspecified atom stereocenters. The van der Waals surface area contributed by atoms with Crippen molar-refractivity contribution in [1.82, 2.24) is 4.90 Å². The highest BCUT2D eigenvalue weighted by atomic mass is 16.5. The molecule has 0 saturated heterocycles. The molecule has 1 aliphatic rings. The molecule has 0 amide bonds. The van der Waals surface area contributed by atoms with E-state index in [9.17, 15) is 5.11 Å². The molecule has 3 nitrogen and oxygen atoms in total. The lowest BCUT2D eigenvalue weighted by molar-refractivity contribution is 0.0291. The normalized spacial score (nSPS) is 24.8. The summed E-state index contributed by atoms with van der Waals surface area (Å²) in [5.41, 5.74) is 1.48. The van der Waals surface area contributed by atoms with Crippen molar-refractivity contribution in [3.63, 3.8) is 0 Å². The summed E-state index contributed by atoms with van der Waals surface area (Å²) in [6.07, 6.45) is 4.56. The number of hydrogen-bond acceptors (Lipinski definition) is 3. The van der Waals surface area contributed by atoms with Crippen LogP contribution in [0.5, 0.6) is 0 Å². The van der Waals surface area contributed by atoms with Gasteiger partial charge in [0, 0.05) is 19.7 Å². The number of rotatable bonds is 6. The van der Waals surface area contributed by atoms with Crippen LogP contribution in [0, 0.1) is 0 Å². The van der Waals surface area contributed by atoms with Crippen LogP contribution < -0.4 is 0 Å². The average Bonchev–Trinajstić information content (AvgIpc) is 2.48. The first kappa shape index (κ1) is 15.5. The molecule has 20 heavy (non-hydrogen) atoms. The zero-order chi connectivity index (χ0) is 14.4. The molecule has 112 valence electrons. The lowest BCUT2D eigenvalue weighted by atomic mass is 9.81. The van der Waals surface area contributed by atoms with E-state index in [0.717, 1.165) is 0 Å². The molecule has 0 bridgehead atoms. The molecule has 0 aliphatic heterocycles. The largest absolute Gasteiger partial charge is 0.389 e. The molecular formula is C17H27NO2. The van der Waals surface area contributed by atoms with E-state index < -0.39 is 0 Å². The van der Waals surface area contributed by atoms with E-state index in [0.29, 0.717) is 25.1 Å². The second-order valence-corrected chi connectivity index (χ2v) is 5.96. The molecule has 3 heteroatoms. The molecular weight excluding hydrogens is 250 g/mol. The topological polar surface area (TPSA) is 32.7 Å². The fourth-order valence-electron chi connectivity index (χ4n) is 3.30. The minimum absolute atomic E-state index is 0.378. The second kappa shape index (κ2) is 7.77. The predicted molar refractivity (Wildman–Crippen MR) is 82.0 cm³/mol. The van der Waals surface area contributed by atoms with Gasteiger partial charge in [-0.1, -0.05) is 30.3 Å². The average molecular weight is 277 g/mol. The minimum atomic E-state index is -0.378. The summed E-state index contributed by atoms with van der Waals surface area (Å²) in [6, 6.07) is 11.4. The van der Waals surface area contributed by atoms with Gasteiger partial charge in [-0.3, -0.25) is 0 Å². The van der Waals surface area contributed by atoms with Crippen molar-refractivity contribution < 1.29 is 9.84 Å². The molecule has 1 N–H and O–H groups in total.